The molecule has 0 amide bonds. The van der Waals surface area contributed by atoms with Crippen LogP contribution in [0.25, 0.3) is 0 Å². The van der Waals surface area contributed by atoms with E-state index in [1.807, 2.05) is 12.1 Å². The first-order valence-corrected chi connectivity index (χ1v) is 9.31. The number of hydrogen-bond acceptors (Lipinski definition) is 2. The predicted molar refractivity (Wildman–Crippen MR) is 94.8 cm³/mol. The first-order valence-electron chi connectivity index (χ1n) is 7.76. The number of nitrogens with zero attached hydrogens (tertiary/aromatic N) is 1. The number of anilines is 1. The molecule has 2 atom stereocenters. The first-order chi connectivity index (χ1) is 10.1. The van der Waals surface area contributed by atoms with Crippen molar-refractivity contribution in [1.29, 1.82) is 0 Å². The number of hydrogen-bond donors (Lipinski definition) is 1. The molecule has 116 valence electrons. The maximum atomic E-state index is 6.51. The van der Waals surface area contributed by atoms with Gasteiger partial charge in [0.15, 0.2) is 0 Å². The van der Waals surface area contributed by atoms with Crippen molar-refractivity contribution >= 4 is 44.8 Å². The monoisotopic (exact) mass is 390 g/mol. The Kier molecular flexibility index (Phi) is 5.04. The Morgan fingerprint density at radius 1 is 1.19 bits per heavy atom. The van der Waals surface area contributed by atoms with Crippen LogP contribution in [0.3, 0.4) is 0 Å². The Hall–Kier alpha value is 0.0400. The number of rotatable bonds is 3. The van der Waals surface area contributed by atoms with Gasteiger partial charge in [0.2, 0.25) is 0 Å². The molecule has 2 aliphatic heterocycles. The van der Waals surface area contributed by atoms with Crippen LogP contribution in [-0.4, -0.2) is 24.7 Å². The number of halogens is 3. The molecule has 1 N–H and O–H groups in total. The summed E-state index contributed by atoms with van der Waals surface area (Å²) in [5.41, 5.74) is 1.03. The highest BCUT2D eigenvalue weighted by molar-refractivity contribution is 9.10. The van der Waals surface area contributed by atoms with Crippen molar-refractivity contribution in [2.75, 3.05) is 11.4 Å². The lowest BCUT2D eigenvalue weighted by molar-refractivity contribution is 0.247. The Balaban J connectivity index is 1.92. The topological polar surface area (TPSA) is 15.3 Å². The van der Waals surface area contributed by atoms with Crippen molar-refractivity contribution in [3.05, 3.63) is 26.7 Å². The molecule has 2 saturated heterocycles. The van der Waals surface area contributed by atoms with Crippen LogP contribution >= 0.6 is 39.1 Å². The lowest BCUT2D eigenvalue weighted by Crippen LogP contribution is -2.56. The van der Waals surface area contributed by atoms with Crippen LogP contribution in [-0.2, 0) is 0 Å². The van der Waals surface area contributed by atoms with Crippen molar-refractivity contribution in [1.82, 2.24) is 5.32 Å². The average molecular weight is 392 g/mol. The third kappa shape index (κ3) is 3.21. The minimum Gasteiger partial charge on any atom is -0.363 e. The zero-order chi connectivity index (χ0) is 15.0. The fraction of sp³-hybridized carbons (Fsp3) is 0.625. The maximum absolute atomic E-state index is 6.51. The standard InChI is InChI=1S/C16H21BrCl2N2/c1-2-20-11-8-12-4-3-5-13(9-11)21(12)16-14(18)6-10(17)7-15(16)19/h6-7,11-13,20H,2-5,8-9H2,1H3. The summed E-state index contributed by atoms with van der Waals surface area (Å²) in [6.07, 6.45) is 6.17. The Labute approximate surface area is 145 Å². The van der Waals surface area contributed by atoms with Gasteiger partial charge in [0.05, 0.1) is 15.7 Å². The average Bonchev–Trinajstić information content (AvgIpc) is 2.38. The highest BCUT2D eigenvalue weighted by Gasteiger charge is 2.39. The van der Waals surface area contributed by atoms with Gasteiger partial charge >= 0.3 is 0 Å². The Bertz CT molecular complexity index is 486. The minimum absolute atomic E-state index is 0.553. The summed E-state index contributed by atoms with van der Waals surface area (Å²) in [6, 6.07) is 5.65. The van der Waals surface area contributed by atoms with Gasteiger partial charge in [-0.15, -0.1) is 0 Å². The molecule has 2 bridgehead atoms. The second kappa shape index (κ2) is 6.66. The van der Waals surface area contributed by atoms with Gasteiger partial charge in [-0.1, -0.05) is 46.1 Å². The van der Waals surface area contributed by atoms with Crippen LogP contribution in [0.4, 0.5) is 5.69 Å². The molecule has 2 aliphatic rings. The Morgan fingerprint density at radius 2 is 1.76 bits per heavy atom. The quantitative estimate of drug-likeness (QED) is 0.756. The van der Waals surface area contributed by atoms with Gasteiger partial charge in [-0.05, 0) is 50.8 Å². The number of fused-ring (bicyclic) bond motifs is 2. The number of piperidine rings is 2. The van der Waals surface area contributed by atoms with E-state index in [9.17, 15) is 0 Å². The van der Waals surface area contributed by atoms with E-state index in [0.717, 1.165) is 26.8 Å². The first kappa shape index (κ1) is 15.9. The predicted octanol–water partition coefficient (Wildman–Crippen LogP) is 5.26. The van der Waals surface area contributed by atoms with Crippen LogP contribution < -0.4 is 10.2 Å². The van der Waals surface area contributed by atoms with E-state index >= 15 is 0 Å². The molecule has 0 saturated carbocycles. The smallest absolute Gasteiger partial charge is 0.0750 e. The molecule has 2 fully saturated rings. The summed E-state index contributed by atoms with van der Waals surface area (Å²) in [5.74, 6) is 0. The van der Waals surface area contributed by atoms with E-state index in [1.54, 1.807) is 0 Å². The minimum atomic E-state index is 0.553. The van der Waals surface area contributed by atoms with Gasteiger partial charge in [-0.3, -0.25) is 0 Å². The Morgan fingerprint density at radius 3 is 2.29 bits per heavy atom. The molecule has 2 nitrogen and oxygen atoms in total. The fourth-order valence-electron chi connectivity index (χ4n) is 3.98. The molecule has 2 heterocycles. The normalized spacial score (nSPS) is 28.8. The van der Waals surface area contributed by atoms with E-state index < -0.39 is 0 Å². The second-order valence-corrected chi connectivity index (χ2v) is 7.82. The van der Waals surface area contributed by atoms with Crippen molar-refractivity contribution < 1.29 is 0 Å². The zero-order valence-corrected chi connectivity index (χ0v) is 15.3. The fourth-order valence-corrected chi connectivity index (χ4v) is 5.39. The molecule has 0 aromatic heterocycles. The highest BCUT2D eigenvalue weighted by Crippen LogP contribution is 2.45. The number of nitrogens with one attached hydrogen (secondary N) is 1. The highest BCUT2D eigenvalue weighted by atomic mass is 79.9. The summed E-state index contributed by atoms with van der Waals surface area (Å²) in [6.45, 7) is 3.23. The van der Waals surface area contributed by atoms with Gasteiger partial charge in [-0.25, -0.2) is 0 Å². The van der Waals surface area contributed by atoms with Gasteiger partial charge < -0.3 is 10.2 Å². The summed E-state index contributed by atoms with van der Waals surface area (Å²) in [5, 5.41) is 5.14. The zero-order valence-electron chi connectivity index (χ0n) is 12.2. The van der Waals surface area contributed by atoms with Crippen LogP contribution in [0.1, 0.15) is 39.0 Å². The third-order valence-corrected chi connectivity index (χ3v) is 5.74. The van der Waals surface area contributed by atoms with Crippen LogP contribution in [0.15, 0.2) is 16.6 Å². The lowest BCUT2D eigenvalue weighted by Gasteiger charge is -2.51. The largest absolute Gasteiger partial charge is 0.363 e. The summed E-state index contributed by atoms with van der Waals surface area (Å²) >= 11 is 16.5. The molecular weight excluding hydrogens is 371 g/mol. The summed E-state index contributed by atoms with van der Waals surface area (Å²) in [7, 11) is 0. The second-order valence-electron chi connectivity index (χ2n) is 6.09. The van der Waals surface area contributed by atoms with Gasteiger partial charge in [0, 0.05) is 22.6 Å². The van der Waals surface area contributed by atoms with E-state index in [-0.39, 0.29) is 0 Å². The van der Waals surface area contributed by atoms with Gasteiger partial charge in [0.1, 0.15) is 0 Å². The molecule has 2 unspecified atom stereocenters. The molecule has 0 radical (unpaired) electrons. The summed E-state index contributed by atoms with van der Waals surface area (Å²) in [4.78, 5) is 2.51. The van der Waals surface area contributed by atoms with Crippen molar-refractivity contribution in [2.24, 2.45) is 0 Å². The van der Waals surface area contributed by atoms with E-state index in [4.69, 9.17) is 23.2 Å². The molecule has 3 rings (SSSR count). The van der Waals surface area contributed by atoms with Crippen molar-refractivity contribution in [3.63, 3.8) is 0 Å². The van der Waals surface area contributed by atoms with E-state index in [1.165, 1.54) is 32.1 Å². The third-order valence-electron chi connectivity index (χ3n) is 4.71. The molecule has 0 aliphatic carbocycles. The van der Waals surface area contributed by atoms with Crippen molar-refractivity contribution in [2.45, 2.75) is 57.2 Å². The molecule has 0 spiro atoms. The van der Waals surface area contributed by atoms with E-state index in [2.05, 4.69) is 33.1 Å². The van der Waals surface area contributed by atoms with Gasteiger partial charge in [-0.2, -0.15) is 0 Å². The molecular formula is C16H21BrCl2N2. The molecule has 1 aromatic rings. The van der Waals surface area contributed by atoms with Crippen LogP contribution in [0.2, 0.25) is 10.0 Å². The molecule has 21 heavy (non-hydrogen) atoms. The molecule has 1 aromatic carbocycles. The maximum Gasteiger partial charge on any atom is 0.0750 e. The number of benzene rings is 1. The van der Waals surface area contributed by atoms with Crippen LogP contribution in [0.5, 0.6) is 0 Å². The van der Waals surface area contributed by atoms with Crippen LogP contribution in [0, 0.1) is 0 Å². The SMILES string of the molecule is CCNC1CC2CCCC(C1)N2c1c(Cl)cc(Br)cc1Cl. The lowest BCUT2D eigenvalue weighted by atomic mass is 9.81. The van der Waals surface area contributed by atoms with Gasteiger partial charge in [0.25, 0.3) is 0 Å². The molecule has 5 heteroatoms. The van der Waals surface area contributed by atoms with Crippen molar-refractivity contribution in [3.8, 4) is 0 Å². The summed E-state index contributed by atoms with van der Waals surface area (Å²) < 4.78 is 0.939. The van der Waals surface area contributed by atoms with E-state index in [0.29, 0.717) is 18.1 Å².